The predicted octanol–water partition coefficient (Wildman–Crippen LogP) is 0.282. The Balaban J connectivity index is 1.82. The SMILES string of the molecule is COCc1c(C(=O)N/N=C/c2ccccc2F)nnn1-c1nonc1N. The average molecular weight is 360 g/mol. The summed E-state index contributed by atoms with van der Waals surface area (Å²) in [5.41, 5.74) is 8.28. The maximum Gasteiger partial charge on any atom is 0.293 e. The summed E-state index contributed by atoms with van der Waals surface area (Å²) in [5, 5.41) is 18.4. The Labute approximate surface area is 145 Å². The molecule has 0 spiro atoms. The number of nitrogens with two attached hydrogens (primary N) is 1. The molecule has 0 bridgehead atoms. The van der Waals surface area contributed by atoms with E-state index < -0.39 is 11.7 Å². The second-order valence-electron chi connectivity index (χ2n) is 4.92. The van der Waals surface area contributed by atoms with Crippen LogP contribution in [0.5, 0.6) is 0 Å². The third kappa shape index (κ3) is 3.39. The Kier molecular flexibility index (Phi) is 4.94. The lowest BCUT2D eigenvalue weighted by atomic mass is 10.2. The van der Waals surface area contributed by atoms with E-state index in [1.165, 1.54) is 30.1 Å². The van der Waals surface area contributed by atoms with Gasteiger partial charge in [0.05, 0.1) is 12.8 Å². The molecular formula is C14H13FN8O3. The van der Waals surface area contributed by atoms with Crippen LogP contribution in [0.2, 0.25) is 0 Å². The van der Waals surface area contributed by atoms with E-state index in [4.69, 9.17) is 10.5 Å². The van der Waals surface area contributed by atoms with Gasteiger partial charge in [0.15, 0.2) is 5.69 Å². The fourth-order valence-corrected chi connectivity index (χ4v) is 2.05. The van der Waals surface area contributed by atoms with Crippen molar-refractivity contribution in [3.05, 3.63) is 47.0 Å². The van der Waals surface area contributed by atoms with Gasteiger partial charge in [0.1, 0.15) is 11.5 Å². The van der Waals surface area contributed by atoms with Crippen molar-refractivity contribution in [2.24, 2.45) is 5.10 Å². The molecule has 0 saturated carbocycles. The summed E-state index contributed by atoms with van der Waals surface area (Å²) in [6.07, 6.45) is 1.17. The number of benzene rings is 1. The van der Waals surface area contributed by atoms with Crippen LogP contribution in [-0.4, -0.2) is 44.5 Å². The highest BCUT2D eigenvalue weighted by Gasteiger charge is 2.23. The average Bonchev–Trinajstić information content (AvgIpc) is 3.23. The quantitative estimate of drug-likeness (QED) is 0.471. The summed E-state index contributed by atoms with van der Waals surface area (Å²) in [6.45, 7) is -0.0148. The number of carbonyl (C=O) groups is 1. The maximum absolute atomic E-state index is 13.5. The molecule has 11 nitrogen and oxygen atoms in total. The minimum absolute atomic E-state index is 0.0148. The number of hydrogen-bond acceptors (Lipinski definition) is 9. The molecule has 134 valence electrons. The van der Waals surface area contributed by atoms with Crippen molar-refractivity contribution < 1.29 is 18.6 Å². The Morgan fingerprint density at radius 3 is 2.96 bits per heavy atom. The van der Waals surface area contributed by atoms with Gasteiger partial charge in [0, 0.05) is 12.7 Å². The van der Waals surface area contributed by atoms with Crippen molar-refractivity contribution in [3.63, 3.8) is 0 Å². The van der Waals surface area contributed by atoms with E-state index >= 15 is 0 Å². The van der Waals surface area contributed by atoms with E-state index in [9.17, 15) is 9.18 Å². The molecule has 3 rings (SSSR count). The molecule has 0 atom stereocenters. The number of nitrogens with one attached hydrogen (secondary N) is 1. The van der Waals surface area contributed by atoms with E-state index in [2.05, 4.69) is 35.8 Å². The topological polar surface area (TPSA) is 146 Å². The fraction of sp³-hybridized carbons (Fsp3) is 0.143. The third-order valence-corrected chi connectivity index (χ3v) is 3.23. The molecule has 0 radical (unpaired) electrons. The number of aromatic nitrogens is 5. The van der Waals surface area contributed by atoms with Gasteiger partial charge < -0.3 is 10.5 Å². The summed E-state index contributed by atoms with van der Waals surface area (Å²) >= 11 is 0. The number of nitrogen functional groups attached to an aromatic ring is 1. The van der Waals surface area contributed by atoms with Crippen LogP contribution in [0, 0.1) is 5.82 Å². The molecular weight excluding hydrogens is 347 g/mol. The summed E-state index contributed by atoms with van der Waals surface area (Å²) < 4.78 is 24.3. The molecule has 12 heteroatoms. The van der Waals surface area contributed by atoms with Crippen molar-refractivity contribution in [1.29, 1.82) is 0 Å². The Hall–Kier alpha value is -3.67. The van der Waals surface area contributed by atoms with E-state index in [0.29, 0.717) is 0 Å². The lowest BCUT2D eigenvalue weighted by Crippen LogP contribution is -2.20. The van der Waals surface area contributed by atoms with Crippen LogP contribution in [0.15, 0.2) is 34.0 Å². The number of amides is 1. The van der Waals surface area contributed by atoms with E-state index in [1.807, 2.05) is 0 Å². The summed E-state index contributed by atoms with van der Waals surface area (Å²) in [6, 6.07) is 5.98. The number of hydrogen-bond donors (Lipinski definition) is 2. The highest BCUT2D eigenvalue weighted by molar-refractivity contribution is 5.94. The number of methoxy groups -OCH3 is 1. The van der Waals surface area contributed by atoms with Crippen molar-refractivity contribution in [1.82, 2.24) is 30.7 Å². The van der Waals surface area contributed by atoms with Gasteiger partial charge in [-0.15, -0.1) is 5.10 Å². The number of rotatable bonds is 6. The van der Waals surface area contributed by atoms with Crippen molar-refractivity contribution in [2.45, 2.75) is 6.61 Å². The molecule has 0 unspecified atom stereocenters. The molecule has 2 aromatic heterocycles. The van der Waals surface area contributed by atoms with Crippen LogP contribution >= 0.6 is 0 Å². The summed E-state index contributed by atoms with van der Waals surface area (Å²) in [5.74, 6) is -1.10. The number of carbonyl (C=O) groups excluding carboxylic acids is 1. The first-order valence-electron chi connectivity index (χ1n) is 7.21. The largest absolute Gasteiger partial charge is 0.378 e. The van der Waals surface area contributed by atoms with Gasteiger partial charge in [0.25, 0.3) is 5.91 Å². The zero-order valence-corrected chi connectivity index (χ0v) is 13.5. The molecule has 26 heavy (non-hydrogen) atoms. The van der Waals surface area contributed by atoms with Crippen molar-refractivity contribution >= 4 is 17.9 Å². The summed E-state index contributed by atoms with van der Waals surface area (Å²) in [4.78, 5) is 12.3. The molecule has 0 saturated heterocycles. The molecule has 1 aromatic carbocycles. The van der Waals surface area contributed by atoms with Crippen LogP contribution in [0.3, 0.4) is 0 Å². The molecule has 0 aliphatic heterocycles. The van der Waals surface area contributed by atoms with E-state index in [0.717, 1.165) is 0 Å². The van der Waals surface area contributed by atoms with Gasteiger partial charge in [-0.05, 0) is 16.4 Å². The second kappa shape index (κ2) is 7.48. The first-order valence-corrected chi connectivity index (χ1v) is 7.21. The van der Waals surface area contributed by atoms with Gasteiger partial charge in [-0.25, -0.2) is 14.4 Å². The molecule has 0 aliphatic rings. The van der Waals surface area contributed by atoms with Gasteiger partial charge in [-0.2, -0.15) is 9.78 Å². The third-order valence-electron chi connectivity index (χ3n) is 3.23. The number of hydrazone groups is 1. The van der Waals surface area contributed by atoms with Gasteiger partial charge in [-0.3, -0.25) is 4.79 Å². The standard InChI is InChI=1S/C14H13FN8O3/c1-25-7-10-11(18-22-23(10)13-12(16)20-26-21-13)14(24)19-17-6-8-4-2-3-5-9(8)15/h2-6H,7H2,1H3,(H2,16,20)(H,19,24)/b17-6+. The Bertz CT molecular complexity index is 951. The second-order valence-corrected chi connectivity index (χ2v) is 4.92. The number of anilines is 1. The molecule has 1 amide bonds. The highest BCUT2D eigenvalue weighted by atomic mass is 19.1. The lowest BCUT2D eigenvalue weighted by molar-refractivity contribution is 0.0944. The van der Waals surface area contributed by atoms with E-state index in [1.54, 1.807) is 12.1 Å². The Morgan fingerprint density at radius 2 is 2.27 bits per heavy atom. The Morgan fingerprint density at radius 1 is 1.46 bits per heavy atom. The predicted molar refractivity (Wildman–Crippen MR) is 85.8 cm³/mol. The highest BCUT2D eigenvalue weighted by Crippen LogP contribution is 2.16. The van der Waals surface area contributed by atoms with Crippen LogP contribution in [0.25, 0.3) is 5.82 Å². The monoisotopic (exact) mass is 360 g/mol. The number of halogens is 1. The lowest BCUT2D eigenvalue weighted by Gasteiger charge is -2.03. The van der Waals surface area contributed by atoms with Gasteiger partial charge in [-0.1, -0.05) is 23.4 Å². The molecule has 3 N–H and O–H groups in total. The molecule has 2 heterocycles. The first-order chi connectivity index (χ1) is 12.6. The van der Waals surface area contributed by atoms with Gasteiger partial charge >= 0.3 is 0 Å². The number of nitrogens with zero attached hydrogens (tertiary/aromatic N) is 6. The molecule has 0 aliphatic carbocycles. The molecule has 3 aromatic rings. The summed E-state index contributed by atoms with van der Waals surface area (Å²) in [7, 11) is 1.43. The fourth-order valence-electron chi connectivity index (χ4n) is 2.05. The van der Waals surface area contributed by atoms with Crippen molar-refractivity contribution in [3.8, 4) is 5.82 Å². The first kappa shape index (κ1) is 17.2. The minimum Gasteiger partial charge on any atom is -0.378 e. The van der Waals surface area contributed by atoms with Crippen molar-refractivity contribution in [2.75, 3.05) is 12.8 Å². The maximum atomic E-state index is 13.5. The van der Waals surface area contributed by atoms with Crippen LogP contribution in [0.1, 0.15) is 21.7 Å². The van der Waals surface area contributed by atoms with Crippen LogP contribution in [-0.2, 0) is 11.3 Å². The minimum atomic E-state index is -0.675. The van der Waals surface area contributed by atoms with Crippen LogP contribution < -0.4 is 11.2 Å². The zero-order chi connectivity index (χ0) is 18.5. The normalized spacial score (nSPS) is 11.2. The smallest absolute Gasteiger partial charge is 0.293 e. The van der Waals surface area contributed by atoms with E-state index in [-0.39, 0.29) is 35.2 Å². The zero-order valence-electron chi connectivity index (χ0n) is 13.5. The molecule has 0 fully saturated rings. The number of ether oxygens (including phenoxy) is 1. The van der Waals surface area contributed by atoms with Gasteiger partial charge in [0.2, 0.25) is 11.6 Å². The van der Waals surface area contributed by atoms with Crippen LogP contribution in [0.4, 0.5) is 10.2 Å².